The molecule has 0 heterocycles. The van der Waals surface area contributed by atoms with Crippen molar-refractivity contribution < 1.29 is 23.1 Å². The number of Topliss-reactive ketones (excluding diaryl/α,β-unsaturated/α-hetero) is 1. The average molecular weight is 235 g/mol. The molecule has 3 nitrogen and oxygen atoms in total. The lowest BCUT2D eigenvalue weighted by Crippen LogP contribution is -2.19. The van der Waals surface area contributed by atoms with E-state index in [2.05, 4.69) is 4.74 Å². The molecule has 0 saturated heterocycles. The van der Waals surface area contributed by atoms with Gasteiger partial charge in [-0.3, -0.25) is 4.79 Å². The van der Waals surface area contributed by atoms with Gasteiger partial charge < -0.3 is 4.74 Å². The Balaban J connectivity index is 3.31. The van der Waals surface area contributed by atoms with E-state index < -0.39 is 34.0 Å². The van der Waals surface area contributed by atoms with E-state index in [1.165, 1.54) is 0 Å². The fourth-order valence-corrected chi connectivity index (χ4v) is 1.09. The molecular weight excluding hydrogens is 230 g/mol. The van der Waals surface area contributed by atoms with Crippen LogP contribution >= 0.6 is 11.6 Å². The lowest BCUT2D eigenvalue weighted by Gasteiger charge is -2.03. The van der Waals surface area contributed by atoms with Gasteiger partial charge in [0.1, 0.15) is 11.4 Å². The summed E-state index contributed by atoms with van der Waals surface area (Å²) in [7, 11) is 0.931. The van der Waals surface area contributed by atoms with Gasteiger partial charge in [-0.25, -0.2) is 13.6 Å². The van der Waals surface area contributed by atoms with E-state index in [1.807, 2.05) is 0 Å². The van der Waals surface area contributed by atoms with Crippen LogP contribution in [-0.4, -0.2) is 18.9 Å². The maximum Gasteiger partial charge on any atom is 0.379 e. The first-order valence-electron chi connectivity index (χ1n) is 3.75. The Morgan fingerprint density at radius 1 is 1.33 bits per heavy atom. The van der Waals surface area contributed by atoms with Crippen LogP contribution in [0.5, 0.6) is 0 Å². The molecule has 0 aliphatic heterocycles. The van der Waals surface area contributed by atoms with Crippen LogP contribution in [-0.2, 0) is 9.53 Å². The summed E-state index contributed by atoms with van der Waals surface area (Å²) in [4.78, 5) is 21.9. The lowest BCUT2D eigenvalue weighted by atomic mass is 10.1. The highest BCUT2D eigenvalue weighted by molar-refractivity contribution is 6.41. The molecular formula is C9H5ClF2O3. The Morgan fingerprint density at radius 2 is 1.93 bits per heavy atom. The molecule has 1 aromatic carbocycles. The minimum atomic E-state index is -1.41. The van der Waals surface area contributed by atoms with Crippen molar-refractivity contribution in [2.24, 2.45) is 0 Å². The second-order valence-corrected chi connectivity index (χ2v) is 2.95. The highest BCUT2D eigenvalue weighted by Gasteiger charge is 2.26. The summed E-state index contributed by atoms with van der Waals surface area (Å²) in [6, 6.07) is 1.74. The van der Waals surface area contributed by atoms with E-state index in [9.17, 15) is 18.4 Å². The summed E-state index contributed by atoms with van der Waals surface area (Å²) in [5.74, 6) is -5.19. The molecule has 0 aliphatic carbocycles. The Morgan fingerprint density at radius 3 is 2.47 bits per heavy atom. The van der Waals surface area contributed by atoms with E-state index in [0.29, 0.717) is 0 Å². The molecule has 0 N–H and O–H groups in total. The number of methoxy groups -OCH3 is 1. The van der Waals surface area contributed by atoms with Gasteiger partial charge in [0.2, 0.25) is 0 Å². The third-order valence-corrected chi connectivity index (χ3v) is 1.93. The van der Waals surface area contributed by atoms with Crippen LogP contribution < -0.4 is 0 Å². The topological polar surface area (TPSA) is 43.4 Å². The summed E-state index contributed by atoms with van der Waals surface area (Å²) in [6.45, 7) is 0. The van der Waals surface area contributed by atoms with Crippen LogP contribution in [0.15, 0.2) is 12.1 Å². The Kier molecular flexibility index (Phi) is 3.36. The van der Waals surface area contributed by atoms with Gasteiger partial charge in [0.05, 0.1) is 12.1 Å². The zero-order chi connectivity index (χ0) is 11.6. The van der Waals surface area contributed by atoms with Crippen molar-refractivity contribution in [3.8, 4) is 0 Å². The first-order chi connectivity index (χ1) is 6.99. The number of halogens is 3. The first-order valence-corrected chi connectivity index (χ1v) is 4.13. The molecule has 0 spiro atoms. The zero-order valence-electron chi connectivity index (χ0n) is 7.51. The van der Waals surface area contributed by atoms with Crippen molar-refractivity contribution in [1.29, 1.82) is 0 Å². The number of hydrogen-bond acceptors (Lipinski definition) is 3. The molecule has 0 aliphatic rings. The molecule has 80 valence electrons. The molecule has 0 saturated carbocycles. The highest BCUT2D eigenvalue weighted by Crippen LogP contribution is 2.21. The summed E-state index contributed by atoms with van der Waals surface area (Å²) in [5.41, 5.74) is -1.01. The number of ether oxygens (including phenoxy) is 1. The summed E-state index contributed by atoms with van der Waals surface area (Å²) >= 11 is 5.33. The fourth-order valence-electron chi connectivity index (χ4n) is 0.930. The van der Waals surface area contributed by atoms with Crippen LogP contribution in [0, 0.1) is 11.6 Å². The SMILES string of the molecule is COC(=O)C(=O)c1c(F)ccc(Cl)c1F. The molecule has 0 unspecified atom stereocenters. The standard InChI is InChI=1S/C9H5ClF2O3/c1-15-9(14)8(13)6-5(11)3-2-4(10)7(6)12/h2-3H,1H3. The van der Waals surface area contributed by atoms with Gasteiger partial charge >= 0.3 is 5.97 Å². The molecule has 1 rings (SSSR count). The number of carbonyl (C=O) groups is 2. The van der Waals surface area contributed by atoms with E-state index in [-0.39, 0.29) is 0 Å². The van der Waals surface area contributed by atoms with Crippen molar-refractivity contribution in [3.05, 3.63) is 34.4 Å². The molecule has 15 heavy (non-hydrogen) atoms. The highest BCUT2D eigenvalue weighted by atomic mass is 35.5. The predicted octanol–water partition coefficient (Wildman–Crippen LogP) is 1.97. The monoisotopic (exact) mass is 234 g/mol. The van der Waals surface area contributed by atoms with Crippen LogP contribution in [0.25, 0.3) is 0 Å². The summed E-state index contributed by atoms with van der Waals surface area (Å²) in [5, 5.41) is -0.441. The van der Waals surface area contributed by atoms with Crippen LogP contribution in [0.2, 0.25) is 5.02 Å². The molecule has 0 radical (unpaired) electrons. The summed E-state index contributed by atoms with van der Waals surface area (Å²) < 4.78 is 30.3. The maximum absolute atomic E-state index is 13.2. The minimum Gasteiger partial charge on any atom is -0.463 e. The first kappa shape index (κ1) is 11.6. The second-order valence-electron chi connectivity index (χ2n) is 2.54. The number of rotatable bonds is 2. The number of hydrogen-bond donors (Lipinski definition) is 0. The van der Waals surface area contributed by atoms with Crippen molar-refractivity contribution >= 4 is 23.4 Å². The van der Waals surface area contributed by atoms with Crippen LogP contribution in [0.3, 0.4) is 0 Å². The van der Waals surface area contributed by atoms with Crippen LogP contribution in [0.4, 0.5) is 8.78 Å². The van der Waals surface area contributed by atoms with Gasteiger partial charge in [-0.15, -0.1) is 0 Å². The smallest absolute Gasteiger partial charge is 0.379 e. The third-order valence-electron chi connectivity index (χ3n) is 1.64. The van der Waals surface area contributed by atoms with Crippen molar-refractivity contribution in [2.45, 2.75) is 0 Å². The van der Waals surface area contributed by atoms with Gasteiger partial charge in [-0.05, 0) is 12.1 Å². The zero-order valence-corrected chi connectivity index (χ0v) is 8.27. The number of esters is 1. The molecule has 0 fully saturated rings. The Labute approximate surface area is 88.6 Å². The number of carbonyl (C=O) groups excluding carboxylic acids is 2. The van der Waals surface area contributed by atoms with Gasteiger partial charge in [-0.1, -0.05) is 11.6 Å². The summed E-state index contributed by atoms with van der Waals surface area (Å²) in [6.07, 6.45) is 0. The largest absolute Gasteiger partial charge is 0.463 e. The number of benzene rings is 1. The fraction of sp³-hybridized carbons (Fsp3) is 0.111. The van der Waals surface area contributed by atoms with Gasteiger partial charge in [0.15, 0.2) is 5.82 Å². The molecule has 0 amide bonds. The van der Waals surface area contributed by atoms with Crippen molar-refractivity contribution in [1.82, 2.24) is 0 Å². The van der Waals surface area contributed by atoms with Gasteiger partial charge in [0.25, 0.3) is 5.78 Å². The maximum atomic E-state index is 13.2. The van der Waals surface area contributed by atoms with Gasteiger partial charge in [-0.2, -0.15) is 0 Å². The average Bonchev–Trinajstić information content (AvgIpc) is 2.22. The number of ketones is 1. The Hall–Kier alpha value is -1.49. The van der Waals surface area contributed by atoms with Gasteiger partial charge in [0, 0.05) is 0 Å². The quantitative estimate of drug-likeness (QED) is 0.340. The molecule has 0 atom stereocenters. The van der Waals surface area contributed by atoms with E-state index >= 15 is 0 Å². The molecule has 0 aromatic heterocycles. The predicted molar refractivity (Wildman–Crippen MR) is 47.7 cm³/mol. The van der Waals surface area contributed by atoms with E-state index in [1.54, 1.807) is 0 Å². The van der Waals surface area contributed by atoms with Crippen molar-refractivity contribution in [3.63, 3.8) is 0 Å². The molecule has 0 bridgehead atoms. The molecule has 1 aromatic rings. The van der Waals surface area contributed by atoms with E-state index in [4.69, 9.17) is 11.6 Å². The third kappa shape index (κ3) is 2.12. The Bertz CT molecular complexity index is 432. The molecule has 6 heteroatoms. The van der Waals surface area contributed by atoms with Crippen LogP contribution in [0.1, 0.15) is 10.4 Å². The normalized spacial score (nSPS) is 9.87. The second kappa shape index (κ2) is 4.35. The van der Waals surface area contributed by atoms with E-state index in [0.717, 1.165) is 19.2 Å². The minimum absolute atomic E-state index is 0.441. The van der Waals surface area contributed by atoms with Crippen molar-refractivity contribution in [2.75, 3.05) is 7.11 Å². The lowest BCUT2D eigenvalue weighted by molar-refractivity contribution is -0.135.